The van der Waals surface area contributed by atoms with E-state index >= 15 is 0 Å². The van der Waals surface area contributed by atoms with Gasteiger partial charge in [-0.15, -0.1) is 0 Å². The molecular formula is C22H21N5O4. The number of aromatic nitrogens is 1. The van der Waals surface area contributed by atoms with Gasteiger partial charge in [0.2, 0.25) is 0 Å². The molecule has 0 saturated heterocycles. The highest BCUT2D eigenvalue weighted by Crippen LogP contribution is 2.26. The molecule has 9 nitrogen and oxygen atoms in total. The van der Waals surface area contributed by atoms with Crippen LogP contribution in [0, 0.1) is 5.41 Å². The predicted molar refractivity (Wildman–Crippen MR) is 116 cm³/mol. The summed E-state index contributed by atoms with van der Waals surface area (Å²) in [5.41, 5.74) is 7.43. The largest absolute Gasteiger partial charge is 0.485 e. The van der Waals surface area contributed by atoms with Crippen molar-refractivity contribution in [3.05, 3.63) is 84.2 Å². The molecule has 0 fully saturated rings. The zero-order valence-corrected chi connectivity index (χ0v) is 16.4. The van der Waals surface area contributed by atoms with Gasteiger partial charge in [0.25, 0.3) is 5.91 Å². The molecule has 1 unspecified atom stereocenters. The Kier molecular flexibility index (Phi) is 6.79. The maximum Gasteiger partial charge on any atom is 0.307 e. The summed E-state index contributed by atoms with van der Waals surface area (Å²) >= 11 is 0. The van der Waals surface area contributed by atoms with Crippen LogP contribution in [0.5, 0.6) is 5.75 Å². The lowest BCUT2D eigenvalue weighted by Crippen LogP contribution is -2.20. The molecule has 1 heterocycles. The van der Waals surface area contributed by atoms with E-state index in [0.717, 1.165) is 0 Å². The Bertz CT molecular complexity index is 1070. The number of ether oxygens (including phenoxy) is 1. The molecule has 0 radical (unpaired) electrons. The average molecular weight is 419 g/mol. The SMILES string of the molecule is N=C(N)Nc1cccc(C(=O)Nc2ccc(OC(CC(=O)O)c3cccnc3)cc2)c1. The first-order valence-electron chi connectivity index (χ1n) is 9.31. The van der Waals surface area contributed by atoms with Crippen LogP contribution in [0.4, 0.5) is 11.4 Å². The molecule has 3 aromatic rings. The molecular weight excluding hydrogens is 398 g/mol. The van der Waals surface area contributed by atoms with Gasteiger partial charge in [-0.2, -0.15) is 0 Å². The lowest BCUT2D eigenvalue weighted by molar-refractivity contribution is -0.138. The minimum Gasteiger partial charge on any atom is -0.485 e. The first-order valence-corrected chi connectivity index (χ1v) is 9.31. The van der Waals surface area contributed by atoms with Crippen LogP contribution in [-0.4, -0.2) is 27.9 Å². The number of carbonyl (C=O) groups is 2. The molecule has 0 aliphatic rings. The van der Waals surface area contributed by atoms with Crippen molar-refractivity contribution < 1.29 is 19.4 Å². The fourth-order valence-corrected chi connectivity index (χ4v) is 2.83. The summed E-state index contributed by atoms with van der Waals surface area (Å²) in [4.78, 5) is 27.7. The van der Waals surface area contributed by atoms with Crippen LogP contribution in [-0.2, 0) is 4.79 Å². The summed E-state index contributed by atoms with van der Waals surface area (Å²) in [6, 6.07) is 16.7. The van der Waals surface area contributed by atoms with Gasteiger partial charge in [-0.3, -0.25) is 20.0 Å². The standard InChI is InChI=1S/C22H21N5O4/c23-22(24)27-17-5-1-3-14(11-17)21(30)26-16-6-8-18(9-7-16)31-19(12-20(28)29)15-4-2-10-25-13-15/h1-11,13,19H,12H2,(H,26,30)(H,28,29)(H4,23,24,27). The minimum atomic E-state index is -0.987. The monoisotopic (exact) mass is 419 g/mol. The number of carboxylic acids is 1. The normalized spacial score (nSPS) is 11.2. The topological polar surface area (TPSA) is 150 Å². The number of benzene rings is 2. The number of guanidine groups is 1. The Balaban J connectivity index is 1.67. The first-order chi connectivity index (χ1) is 14.9. The van der Waals surface area contributed by atoms with E-state index in [-0.39, 0.29) is 18.3 Å². The van der Waals surface area contributed by atoms with E-state index in [4.69, 9.17) is 15.9 Å². The van der Waals surface area contributed by atoms with Crippen LogP contribution < -0.4 is 21.1 Å². The summed E-state index contributed by atoms with van der Waals surface area (Å²) in [7, 11) is 0. The van der Waals surface area contributed by atoms with Crippen LogP contribution in [0.1, 0.15) is 28.4 Å². The number of pyridine rings is 1. The Morgan fingerprint density at radius 2 is 1.84 bits per heavy atom. The Morgan fingerprint density at radius 3 is 2.48 bits per heavy atom. The third-order valence-electron chi connectivity index (χ3n) is 4.21. The molecule has 1 amide bonds. The van der Waals surface area contributed by atoms with Gasteiger partial charge in [-0.25, -0.2) is 0 Å². The number of anilines is 2. The molecule has 158 valence electrons. The van der Waals surface area contributed by atoms with Crippen molar-refractivity contribution in [3.8, 4) is 5.75 Å². The summed E-state index contributed by atoms with van der Waals surface area (Å²) in [6.45, 7) is 0. The summed E-state index contributed by atoms with van der Waals surface area (Å²) in [6.07, 6.45) is 2.26. The quantitative estimate of drug-likeness (QED) is 0.278. The van der Waals surface area contributed by atoms with E-state index in [0.29, 0.717) is 28.3 Å². The molecule has 2 aromatic carbocycles. The van der Waals surface area contributed by atoms with Gasteiger partial charge in [-0.05, 0) is 48.5 Å². The number of aliphatic carboxylic acids is 1. The fraction of sp³-hybridized carbons (Fsp3) is 0.0909. The maximum absolute atomic E-state index is 12.5. The third-order valence-corrected chi connectivity index (χ3v) is 4.21. The number of nitrogens with zero attached hydrogens (tertiary/aromatic N) is 1. The third kappa shape index (κ3) is 6.29. The van der Waals surface area contributed by atoms with E-state index in [9.17, 15) is 14.7 Å². The molecule has 0 saturated carbocycles. The fourth-order valence-electron chi connectivity index (χ4n) is 2.83. The van der Waals surface area contributed by atoms with Crippen LogP contribution in [0.3, 0.4) is 0 Å². The number of nitrogens with one attached hydrogen (secondary N) is 3. The van der Waals surface area contributed by atoms with E-state index < -0.39 is 12.1 Å². The molecule has 31 heavy (non-hydrogen) atoms. The average Bonchev–Trinajstić information content (AvgIpc) is 2.74. The summed E-state index contributed by atoms with van der Waals surface area (Å²) < 4.78 is 5.83. The van der Waals surface area contributed by atoms with Crippen LogP contribution in [0.2, 0.25) is 0 Å². The van der Waals surface area contributed by atoms with Crippen molar-refractivity contribution in [1.29, 1.82) is 5.41 Å². The highest BCUT2D eigenvalue weighted by Gasteiger charge is 2.18. The second-order valence-electron chi connectivity index (χ2n) is 6.59. The summed E-state index contributed by atoms with van der Waals surface area (Å²) in [5, 5.41) is 21.8. The van der Waals surface area contributed by atoms with Gasteiger partial charge < -0.3 is 26.2 Å². The molecule has 9 heteroatoms. The Hall–Kier alpha value is -4.40. The van der Waals surface area contributed by atoms with Crippen molar-refractivity contribution >= 4 is 29.2 Å². The molecule has 3 rings (SSSR count). The number of amides is 1. The lowest BCUT2D eigenvalue weighted by atomic mass is 10.1. The first kappa shape index (κ1) is 21.3. The van der Waals surface area contributed by atoms with Crippen molar-refractivity contribution in [3.63, 3.8) is 0 Å². The van der Waals surface area contributed by atoms with E-state index in [1.54, 1.807) is 73.1 Å². The van der Waals surface area contributed by atoms with E-state index in [1.807, 2.05) is 0 Å². The molecule has 1 atom stereocenters. The highest BCUT2D eigenvalue weighted by molar-refractivity contribution is 6.05. The van der Waals surface area contributed by atoms with Gasteiger partial charge in [0, 0.05) is 34.9 Å². The Labute approximate surface area is 178 Å². The lowest BCUT2D eigenvalue weighted by Gasteiger charge is -2.18. The molecule has 1 aromatic heterocycles. The van der Waals surface area contributed by atoms with E-state index in [2.05, 4.69) is 15.6 Å². The smallest absolute Gasteiger partial charge is 0.307 e. The van der Waals surface area contributed by atoms with Gasteiger partial charge in [0.15, 0.2) is 5.96 Å². The number of hydrogen-bond donors (Lipinski definition) is 5. The predicted octanol–water partition coefficient (Wildman–Crippen LogP) is 3.23. The number of nitrogens with two attached hydrogens (primary N) is 1. The zero-order chi connectivity index (χ0) is 22.2. The minimum absolute atomic E-state index is 0.213. The van der Waals surface area contributed by atoms with Gasteiger partial charge in [-0.1, -0.05) is 12.1 Å². The van der Waals surface area contributed by atoms with Crippen molar-refractivity contribution in [2.24, 2.45) is 5.73 Å². The number of rotatable bonds is 8. The van der Waals surface area contributed by atoms with Crippen LogP contribution in [0.25, 0.3) is 0 Å². The van der Waals surface area contributed by atoms with Crippen LogP contribution in [0.15, 0.2) is 73.1 Å². The van der Waals surface area contributed by atoms with Gasteiger partial charge >= 0.3 is 5.97 Å². The maximum atomic E-state index is 12.5. The second-order valence-corrected chi connectivity index (χ2v) is 6.59. The molecule has 0 aliphatic heterocycles. The molecule has 0 aliphatic carbocycles. The highest BCUT2D eigenvalue weighted by atomic mass is 16.5. The summed E-state index contributed by atoms with van der Waals surface area (Å²) in [5.74, 6) is -1.08. The number of carbonyl (C=O) groups excluding carboxylic acids is 1. The number of hydrogen-bond acceptors (Lipinski definition) is 5. The van der Waals surface area contributed by atoms with Crippen molar-refractivity contribution in [2.45, 2.75) is 12.5 Å². The second kappa shape index (κ2) is 9.88. The number of carboxylic acid groups (broad SMARTS) is 1. The van der Waals surface area contributed by atoms with E-state index in [1.165, 1.54) is 0 Å². The molecule has 0 bridgehead atoms. The Morgan fingerprint density at radius 1 is 1.06 bits per heavy atom. The van der Waals surface area contributed by atoms with Crippen LogP contribution >= 0.6 is 0 Å². The van der Waals surface area contributed by atoms with Gasteiger partial charge in [0.1, 0.15) is 11.9 Å². The van der Waals surface area contributed by atoms with Crippen molar-refractivity contribution in [1.82, 2.24) is 4.98 Å². The van der Waals surface area contributed by atoms with Crippen molar-refractivity contribution in [2.75, 3.05) is 10.6 Å². The van der Waals surface area contributed by atoms with Gasteiger partial charge in [0.05, 0.1) is 6.42 Å². The molecule has 0 spiro atoms. The molecule has 6 N–H and O–H groups in total. The zero-order valence-electron chi connectivity index (χ0n) is 16.4.